The van der Waals surface area contributed by atoms with Crippen molar-refractivity contribution in [2.75, 3.05) is 33.7 Å². The lowest BCUT2D eigenvalue weighted by molar-refractivity contribution is -0.883. The highest BCUT2D eigenvalue weighted by Crippen LogP contribution is 2.08. The Morgan fingerprint density at radius 2 is 1.61 bits per heavy atom. The summed E-state index contributed by atoms with van der Waals surface area (Å²) >= 11 is 0. The van der Waals surface area contributed by atoms with Gasteiger partial charge in [0.25, 0.3) is 0 Å². The van der Waals surface area contributed by atoms with E-state index in [0.29, 0.717) is 24.0 Å². The van der Waals surface area contributed by atoms with E-state index in [1.807, 2.05) is 34.9 Å². The molecule has 0 aromatic rings. The van der Waals surface area contributed by atoms with Gasteiger partial charge in [-0.1, -0.05) is 49.8 Å². The number of carbonyl (C=O) groups is 3. The van der Waals surface area contributed by atoms with Crippen molar-refractivity contribution in [1.29, 1.82) is 0 Å². The molecular formula is C25H45N2O4+. The van der Waals surface area contributed by atoms with E-state index in [0.717, 1.165) is 37.7 Å². The Morgan fingerprint density at radius 3 is 2.26 bits per heavy atom. The number of likely N-dealkylation sites (N-methyl/N-ethyl adjacent to an activating group) is 1. The molecule has 0 fully saturated rings. The molecule has 31 heavy (non-hydrogen) atoms. The van der Waals surface area contributed by atoms with Crippen molar-refractivity contribution < 1.29 is 23.6 Å². The Bertz CT molecular complexity index is 617. The van der Waals surface area contributed by atoms with E-state index < -0.39 is 11.9 Å². The molecule has 6 nitrogen and oxygen atoms in total. The highest BCUT2D eigenvalue weighted by molar-refractivity contribution is 5.92. The zero-order valence-corrected chi connectivity index (χ0v) is 20.7. The van der Waals surface area contributed by atoms with Crippen molar-refractivity contribution in [2.45, 2.75) is 85.5 Å². The highest BCUT2D eigenvalue weighted by atomic mass is 16.6. The lowest BCUT2D eigenvalue weighted by Crippen LogP contribution is -2.46. The lowest BCUT2D eigenvalue weighted by atomic mass is 10.1. The maximum absolute atomic E-state index is 12.1. The standard InChI is InChI=1S/C25H44N2O4/c1-7-8-9-10-11-16-23(28)26-17-13-18-27(5,6)20-25(30)31-24(29)19-22(4)15-12-14-21(2)3/h14,19H,7-13,15-18,20H2,1-6H3/p+1/b22-19+. The summed E-state index contributed by atoms with van der Waals surface area (Å²) in [6.07, 6.45) is 12.2. The van der Waals surface area contributed by atoms with Crippen LogP contribution in [0.2, 0.25) is 0 Å². The molecule has 1 amide bonds. The van der Waals surface area contributed by atoms with E-state index in [9.17, 15) is 14.4 Å². The Morgan fingerprint density at radius 1 is 0.935 bits per heavy atom. The topological polar surface area (TPSA) is 72.5 Å². The highest BCUT2D eigenvalue weighted by Gasteiger charge is 2.22. The SMILES string of the molecule is CCCCCCCC(=O)NCCC[N+](C)(C)CC(=O)OC(=O)/C=C(\C)CCC=C(C)C. The number of esters is 2. The van der Waals surface area contributed by atoms with E-state index in [-0.39, 0.29) is 12.5 Å². The minimum Gasteiger partial charge on any atom is -0.386 e. The van der Waals surface area contributed by atoms with E-state index in [4.69, 9.17) is 4.74 Å². The number of allylic oxidation sites excluding steroid dienone is 3. The van der Waals surface area contributed by atoms with Gasteiger partial charge in [-0.05, 0) is 40.0 Å². The van der Waals surface area contributed by atoms with Crippen LogP contribution in [-0.4, -0.2) is 56.1 Å². The molecule has 0 saturated heterocycles. The second-order valence-electron chi connectivity index (χ2n) is 9.29. The zero-order valence-electron chi connectivity index (χ0n) is 20.7. The van der Waals surface area contributed by atoms with E-state index in [1.54, 1.807) is 0 Å². The molecule has 0 aromatic carbocycles. The van der Waals surface area contributed by atoms with Crippen LogP contribution < -0.4 is 5.32 Å². The minimum absolute atomic E-state index is 0.0959. The summed E-state index contributed by atoms with van der Waals surface area (Å²) in [6, 6.07) is 0. The Hall–Kier alpha value is -1.95. The van der Waals surface area contributed by atoms with E-state index >= 15 is 0 Å². The molecule has 178 valence electrons. The average molecular weight is 438 g/mol. The molecule has 0 radical (unpaired) electrons. The Balaban J connectivity index is 4.10. The number of quaternary nitrogens is 1. The smallest absolute Gasteiger partial charge is 0.369 e. The quantitative estimate of drug-likeness (QED) is 0.0949. The lowest BCUT2D eigenvalue weighted by Gasteiger charge is -2.28. The molecule has 0 spiro atoms. The molecule has 0 saturated carbocycles. The van der Waals surface area contributed by atoms with Crippen LogP contribution >= 0.6 is 0 Å². The maximum atomic E-state index is 12.1. The molecule has 1 N–H and O–H groups in total. The number of hydrogen-bond acceptors (Lipinski definition) is 4. The molecule has 0 atom stereocenters. The summed E-state index contributed by atoms with van der Waals surface area (Å²) in [4.78, 5) is 35.9. The number of unbranched alkanes of at least 4 members (excludes halogenated alkanes) is 4. The number of nitrogens with one attached hydrogen (secondary N) is 1. The summed E-state index contributed by atoms with van der Waals surface area (Å²) in [7, 11) is 3.84. The predicted octanol–water partition coefficient (Wildman–Crippen LogP) is 4.69. The van der Waals surface area contributed by atoms with Crippen molar-refractivity contribution in [1.82, 2.24) is 5.32 Å². The summed E-state index contributed by atoms with van der Waals surface area (Å²) in [5.41, 5.74) is 2.14. The van der Waals surface area contributed by atoms with Gasteiger partial charge >= 0.3 is 11.9 Å². The number of nitrogens with zero attached hydrogens (tertiary/aromatic N) is 1. The normalized spacial score (nSPS) is 11.7. The van der Waals surface area contributed by atoms with Crippen LogP contribution in [-0.2, 0) is 19.1 Å². The van der Waals surface area contributed by atoms with Crippen molar-refractivity contribution in [2.24, 2.45) is 0 Å². The van der Waals surface area contributed by atoms with Gasteiger partial charge < -0.3 is 14.5 Å². The fourth-order valence-corrected chi connectivity index (χ4v) is 3.18. The van der Waals surface area contributed by atoms with Gasteiger partial charge in [-0.2, -0.15) is 0 Å². The minimum atomic E-state index is -0.606. The molecule has 0 aromatic heterocycles. The van der Waals surface area contributed by atoms with Gasteiger partial charge in [0, 0.05) is 25.5 Å². The van der Waals surface area contributed by atoms with Crippen LogP contribution in [0.4, 0.5) is 0 Å². The van der Waals surface area contributed by atoms with Crippen LogP contribution in [0.15, 0.2) is 23.3 Å². The third kappa shape index (κ3) is 18.5. The molecule has 0 aliphatic heterocycles. The van der Waals surface area contributed by atoms with Gasteiger partial charge in [-0.25, -0.2) is 9.59 Å². The number of carbonyl (C=O) groups excluding carboxylic acids is 3. The van der Waals surface area contributed by atoms with Crippen molar-refractivity contribution in [3.8, 4) is 0 Å². The first-order chi connectivity index (χ1) is 14.6. The zero-order chi connectivity index (χ0) is 23.7. The molecule has 0 aliphatic rings. The first-order valence-electron chi connectivity index (χ1n) is 11.7. The second-order valence-corrected chi connectivity index (χ2v) is 9.29. The Kier molecular flexibility index (Phi) is 15.7. The first-order valence-corrected chi connectivity index (χ1v) is 11.7. The summed E-state index contributed by atoms with van der Waals surface area (Å²) in [5, 5.41) is 2.95. The number of ether oxygens (including phenoxy) is 1. The third-order valence-corrected chi connectivity index (χ3v) is 5.00. The first kappa shape index (κ1) is 29.1. The van der Waals surface area contributed by atoms with Gasteiger partial charge in [-0.3, -0.25) is 4.79 Å². The van der Waals surface area contributed by atoms with Gasteiger partial charge in [0.2, 0.25) is 5.91 Å². The van der Waals surface area contributed by atoms with Crippen LogP contribution in [0, 0.1) is 0 Å². The summed E-state index contributed by atoms with van der Waals surface area (Å²) < 4.78 is 5.35. The van der Waals surface area contributed by atoms with Crippen molar-refractivity contribution in [3.63, 3.8) is 0 Å². The number of amides is 1. The fraction of sp³-hybridized carbons (Fsp3) is 0.720. The van der Waals surface area contributed by atoms with Crippen LogP contribution in [0.1, 0.15) is 85.5 Å². The third-order valence-electron chi connectivity index (χ3n) is 5.00. The predicted molar refractivity (Wildman–Crippen MR) is 126 cm³/mol. The fourth-order valence-electron chi connectivity index (χ4n) is 3.18. The summed E-state index contributed by atoms with van der Waals surface area (Å²) in [6.45, 7) is 9.53. The van der Waals surface area contributed by atoms with Crippen LogP contribution in [0.3, 0.4) is 0 Å². The van der Waals surface area contributed by atoms with Crippen LogP contribution in [0.5, 0.6) is 0 Å². The molecule has 0 unspecified atom stereocenters. The van der Waals surface area contributed by atoms with Crippen molar-refractivity contribution in [3.05, 3.63) is 23.3 Å². The van der Waals surface area contributed by atoms with Crippen molar-refractivity contribution >= 4 is 17.8 Å². The monoisotopic (exact) mass is 437 g/mol. The largest absolute Gasteiger partial charge is 0.386 e. The van der Waals surface area contributed by atoms with E-state index in [1.165, 1.54) is 30.9 Å². The van der Waals surface area contributed by atoms with Crippen LogP contribution in [0.25, 0.3) is 0 Å². The summed E-state index contributed by atoms with van der Waals surface area (Å²) in [5.74, 6) is -1.04. The van der Waals surface area contributed by atoms with Gasteiger partial charge in [-0.15, -0.1) is 0 Å². The molecule has 0 heterocycles. The molecule has 6 heteroatoms. The Labute approximate surface area is 189 Å². The van der Waals surface area contributed by atoms with E-state index in [2.05, 4.69) is 18.3 Å². The van der Waals surface area contributed by atoms with Gasteiger partial charge in [0.1, 0.15) is 0 Å². The number of hydrogen-bond donors (Lipinski definition) is 1. The van der Waals surface area contributed by atoms with Gasteiger partial charge in [0.05, 0.1) is 20.6 Å². The average Bonchev–Trinajstić information content (AvgIpc) is 2.64. The molecule has 0 bridgehead atoms. The molecule has 0 rings (SSSR count). The molecule has 0 aliphatic carbocycles. The molecular weight excluding hydrogens is 392 g/mol. The number of rotatable bonds is 16. The van der Waals surface area contributed by atoms with Gasteiger partial charge in [0.15, 0.2) is 6.54 Å². The maximum Gasteiger partial charge on any atom is 0.369 e. The second kappa shape index (κ2) is 16.7.